The Labute approximate surface area is 71.9 Å². The van der Waals surface area contributed by atoms with Crippen molar-refractivity contribution in [1.82, 2.24) is 4.90 Å². The van der Waals surface area contributed by atoms with E-state index in [1.165, 1.54) is 0 Å². The number of hydrogen-bond donors (Lipinski definition) is 0. The van der Waals surface area contributed by atoms with Gasteiger partial charge in [-0.1, -0.05) is 6.58 Å². The summed E-state index contributed by atoms with van der Waals surface area (Å²) in [5.74, 6) is 0.208. The van der Waals surface area contributed by atoms with Crippen LogP contribution >= 0.6 is 0 Å². The van der Waals surface area contributed by atoms with Crippen LogP contribution < -0.4 is 0 Å². The predicted octanol–water partition coefficient (Wildman–Crippen LogP) is 0.371. The van der Waals surface area contributed by atoms with E-state index in [2.05, 4.69) is 6.58 Å². The van der Waals surface area contributed by atoms with E-state index in [9.17, 15) is 4.79 Å². The first-order chi connectivity index (χ1) is 3.84. The molecule has 1 aliphatic rings. The summed E-state index contributed by atoms with van der Waals surface area (Å²) in [4.78, 5) is 12.3. The molecule has 1 saturated heterocycles. The molecule has 4 radical (unpaired) electrons. The van der Waals surface area contributed by atoms with Crippen LogP contribution in [-0.2, 0) is 4.79 Å². The molecule has 0 aliphatic carbocycles. The normalized spacial score (nSPS) is 17.3. The van der Waals surface area contributed by atoms with Crippen molar-refractivity contribution in [2.24, 2.45) is 0 Å². The Morgan fingerprint density at radius 1 is 1.67 bits per heavy atom. The smallest absolute Gasteiger partial charge is 0.226 e. The van der Waals surface area contributed by atoms with Gasteiger partial charge in [0.15, 0.2) is 0 Å². The number of carbonyl (C=O) groups is 1. The molecule has 0 spiro atoms. The minimum atomic E-state index is 0. The summed E-state index contributed by atoms with van der Waals surface area (Å²) >= 11 is 0. The van der Waals surface area contributed by atoms with Gasteiger partial charge in [0.1, 0.15) is 0 Å². The zero-order valence-corrected chi connectivity index (χ0v) is 8.12. The van der Waals surface area contributed by atoms with Crippen LogP contribution in [0.15, 0.2) is 12.8 Å². The average Bonchev–Trinajstić information content (AvgIpc) is 2.14. The second kappa shape index (κ2) is 3.93. The van der Waals surface area contributed by atoms with E-state index in [4.69, 9.17) is 0 Å². The quantitative estimate of drug-likeness (QED) is 0.596. The van der Waals surface area contributed by atoms with E-state index in [1.807, 2.05) is 0 Å². The summed E-state index contributed by atoms with van der Waals surface area (Å²) in [6, 6.07) is 0. The van der Waals surface area contributed by atoms with Crippen molar-refractivity contribution >= 4 is 29.8 Å². The molecule has 0 saturated carbocycles. The molecule has 0 aromatic rings. The van der Waals surface area contributed by atoms with Gasteiger partial charge >= 0.3 is 0 Å². The molecular weight excluding hydrogens is 221 g/mol. The molecular formula is C6H9NOSn. The van der Waals surface area contributed by atoms with Gasteiger partial charge in [-0.15, -0.1) is 0 Å². The topological polar surface area (TPSA) is 20.3 Å². The van der Waals surface area contributed by atoms with Gasteiger partial charge in [0.2, 0.25) is 5.91 Å². The van der Waals surface area contributed by atoms with Crippen LogP contribution in [-0.4, -0.2) is 41.3 Å². The summed E-state index contributed by atoms with van der Waals surface area (Å²) < 4.78 is 0. The maximum absolute atomic E-state index is 10.7. The largest absolute Gasteiger partial charge is 0.320 e. The second-order valence-electron chi connectivity index (χ2n) is 1.87. The molecule has 3 heteroatoms. The first-order valence-electron chi connectivity index (χ1n) is 2.76. The van der Waals surface area contributed by atoms with Crippen molar-refractivity contribution < 1.29 is 4.79 Å². The van der Waals surface area contributed by atoms with E-state index >= 15 is 0 Å². The molecule has 48 valence electrons. The van der Waals surface area contributed by atoms with Crippen molar-refractivity contribution in [3.05, 3.63) is 12.8 Å². The van der Waals surface area contributed by atoms with Gasteiger partial charge in [0, 0.05) is 36.9 Å². The van der Waals surface area contributed by atoms with E-state index in [0.717, 1.165) is 13.0 Å². The molecule has 2 nitrogen and oxygen atoms in total. The molecule has 1 rings (SSSR count). The van der Waals surface area contributed by atoms with E-state index in [0.29, 0.717) is 6.42 Å². The number of hydrogen-bond acceptors (Lipinski definition) is 1. The minimum absolute atomic E-state index is 0. The van der Waals surface area contributed by atoms with E-state index in [1.54, 1.807) is 11.1 Å². The second-order valence-corrected chi connectivity index (χ2v) is 1.87. The molecule has 1 heterocycles. The molecule has 0 N–H and O–H groups in total. The molecule has 0 atom stereocenters. The van der Waals surface area contributed by atoms with Crippen molar-refractivity contribution in [2.75, 3.05) is 6.54 Å². The third-order valence-corrected chi connectivity index (χ3v) is 1.33. The molecule has 0 bridgehead atoms. The summed E-state index contributed by atoms with van der Waals surface area (Å²) in [7, 11) is 0. The van der Waals surface area contributed by atoms with Crippen LogP contribution in [0.3, 0.4) is 0 Å². The number of rotatable bonds is 1. The maximum Gasteiger partial charge on any atom is 0.226 e. The molecule has 1 aliphatic heterocycles. The summed E-state index contributed by atoms with van der Waals surface area (Å²) in [5, 5.41) is 0. The monoisotopic (exact) mass is 231 g/mol. The standard InChI is InChI=1S/C6H9NO.Sn/c1-2-7-5-3-4-6(7)8;/h2H,1,3-5H2;. The Morgan fingerprint density at radius 3 is 2.56 bits per heavy atom. The summed E-state index contributed by atoms with van der Waals surface area (Å²) in [5.41, 5.74) is 0. The Hall–Kier alpha value is 0.00870. The SMILES string of the molecule is C=CN1CCCC1=O.[Sn]. The Bertz CT molecular complexity index is 124. The fraction of sp³-hybridized carbons (Fsp3) is 0.500. The van der Waals surface area contributed by atoms with E-state index in [-0.39, 0.29) is 29.8 Å². The molecule has 0 aromatic heterocycles. The zero-order valence-electron chi connectivity index (χ0n) is 5.26. The molecule has 1 amide bonds. The van der Waals surface area contributed by atoms with Crippen molar-refractivity contribution in [3.63, 3.8) is 0 Å². The molecule has 0 aromatic carbocycles. The predicted molar refractivity (Wildman–Crippen MR) is 36.9 cm³/mol. The van der Waals surface area contributed by atoms with Crippen molar-refractivity contribution in [2.45, 2.75) is 12.8 Å². The van der Waals surface area contributed by atoms with Crippen LogP contribution in [0.5, 0.6) is 0 Å². The summed E-state index contributed by atoms with van der Waals surface area (Å²) in [6.45, 7) is 4.36. The van der Waals surface area contributed by atoms with Crippen LogP contribution in [0.25, 0.3) is 0 Å². The Morgan fingerprint density at radius 2 is 2.33 bits per heavy atom. The number of nitrogens with zero attached hydrogens (tertiary/aromatic N) is 1. The van der Waals surface area contributed by atoms with Gasteiger partial charge in [0.25, 0.3) is 0 Å². The zero-order chi connectivity index (χ0) is 5.98. The van der Waals surface area contributed by atoms with Gasteiger partial charge in [0.05, 0.1) is 0 Å². The number of carbonyl (C=O) groups excluding carboxylic acids is 1. The Balaban J connectivity index is 0.000000640. The van der Waals surface area contributed by atoms with Crippen LogP contribution in [0, 0.1) is 0 Å². The average molecular weight is 230 g/mol. The first kappa shape index (κ1) is 9.01. The minimum Gasteiger partial charge on any atom is -0.320 e. The Kier molecular flexibility index (Phi) is 3.93. The fourth-order valence-corrected chi connectivity index (χ4v) is 0.862. The first-order valence-corrected chi connectivity index (χ1v) is 2.76. The van der Waals surface area contributed by atoms with Gasteiger partial charge in [-0.3, -0.25) is 4.79 Å². The molecule has 9 heavy (non-hydrogen) atoms. The van der Waals surface area contributed by atoms with Gasteiger partial charge in [-0.05, 0) is 12.6 Å². The summed E-state index contributed by atoms with van der Waals surface area (Å²) in [6.07, 6.45) is 3.28. The third kappa shape index (κ3) is 2.01. The van der Waals surface area contributed by atoms with Gasteiger partial charge in [-0.25, -0.2) is 0 Å². The van der Waals surface area contributed by atoms with E-state index < -0.39 is 0 Å². The van der Waals surface area contributed by atoms with Crippen molar-refractivity contribution in [3.8, 4) is 0 Å². The number of likely N-dealkylation sites (tertiary alicyclic amines) is 1. The van der Waals surface area contributed by atoms with Crippen LogP contribution in [0.4, 0.5) is 0 Å². The van der Waals surface area contributed by atoms with Crippen molar-refractivity contribution in [1.29, 1.82) is 0 Å². The third-order valence-electron chi connectivity index (χ3n) is 1.33. The van der Waals surface area contributed by atoms with Crippen LogP contribution in [0.1, 0.15) is 12.8 Å². The van der Waals surface area contributed by atoms with Gasteiger partial charge < -0.3 is 4.90 Å². The molecule has 1 fully saturated rings. The fourth-order valence-electron chi connectivity index (χ4n) is 0.862. The maximum atomic E-state index is 10.7. The molecule has 0 unspecified atom stereocenters. The van der Waals surface area contributed by atoms with Gasteiger partial charge in [-0.2, -0.15) is 0 Å². The van der Waals surface area contributed by atoms with Crippen LogP contribution in [0.2, 0.25) is 0 Å². The number of amides is 1.